The Bertz CT molecular complexity index is 1110. The molecule has 0 bridgehead atoms. The first-order chi connectivity index (χ1) is 14.9. The van der Waals surface area contributed by atoms with E-state index in [1.807, 2.05) is 18.4 Å². The molecule has 164 valence electrons. The number of hydrogen-bond donors (Lipinski definition) is 1. The van der Waals surface area contributed by atoms with Crippen LogP contribution in [-0.4, -0.2) is 38.9 Å². The molecular weight excluding hydrogens is 432 g/mol. The molecule has 1 fully saturated rings. The van der Waals surface area contributed by atoms with Crippen LogP contribution in [0.1, 0.15) is 46.3 Å². The van der Waals surface area contributed by atoms with Gasteiger partial charge >= 0.3 is 0 Å². The van der Waals surface area contributed by atoms with Crippen molar-refractivity contribution in [2.45, 2.75) is 42.2 Å². The third-order valence-corrected chi connectivity index (χ3v) is 8.18. The fourth-order valence-corrected chi connectivity index (χ4v) is 5.85. The van der Waals surface area contributed by atoms with Gasteiger partial charge in [-0.2, -0.15) is 0 Å². The highest BCUT2D eigenvalue weighted by Gasteiger charge is 2.26. The number of likely N-dealkylation sites (tertiary alicyclic amines) is 1. The van der Waals surface area contributed by atoms with E-state index in [1.54, 1.807) is 23.5 Å². The Hall–Kier alpha value is -2.42. The van der Waals surface area contributed by atoms with E-state index in [9.17, 15) is 13.2 Å². The van der Waals surface area contributed by atoms with Crippen molar-refractivity contribution in [1.29, 1.82) is 0 Å². The van der Waals surface area contributed by atoms with E-state index >= 15 is 0 Å². The Morgan fingerprint density at radius 2 is 1.84 bits per heavy atom. The van der Waals surface area contributed by atoms with E-state index in [0.717, 1.165) is 31.5 Å². The van der Waals surface area contributed by atoms with E-state index in [0.29, 0.717) is 6.54 Å². The lowest BCUT2D eigenvalue weighted by atomic mass is 10.1. The number of rotatable bonds is 7. The van der Waals surface area contributed by atoms with Crippen LogP contribution in [0.3, 0.4) is 0 Å². The highest BCUT2D eigenvalue weighted by Crippen LogP contribution is 2.28. The van der Waals surface area contributed by atoms with Crippen LogP contribution in [0.25, 0.3) is 0 Å². The number of aryl methyl sites for hydroxylation is 1. The van der Waals surface area contributed by atoms with Crippen LogP contribution in [0.15, 0.2) is 68.3 Å². The van der Waals surface area contributed by atoms with Crippen LogP contribution >= 0.6 is 11.3 Å². The fraction of sp³-hybridized carbons (Fsp3) is 0.348. The van der Waals surface area contributed by atoms with Crippen LogP contribution in [0.2, 0.25) is 0 Å². The molecular formula is C23H26N2O4S2. The Balaban J connectivity index is 1.46. The summed E-state index contributed by atoms with van der Waals surface area (Å²) in [5.74, 6) is -0.418. The smallest absolute Gasteiger partial charge is 0.287 e. The van der Waals surface area contributed by atoms with Gasteiger partial charge in [0.25, 0.3) is 5.91 Å². The third kappa shape index (κ3) is 4.92. The molecule has 31 heavy (non-hydrogen) atoms. The monoisotopic (exact) mass is 458 g/mol. The molecule has 0 spiro atoms. The van der Waals surface area contributed by atoms with Gasteiger partial charge in [0.1, 0.15) is 0 Å². The molecule has 3 aromatic rings. The number of carbonyl (C=O) groups excluding carboxylic acids is 1. The van der Waals surface area contributed by atoms with Crippen molar-refractivity contribution in [3.8, 4) is 0 Å². The van der Waals surface area contributed by atoms with Crippen molar-refractivity contribution >= 4 is 27.1 Å². The largest absolute Gasteiger partial charge is 0.439 e. The molecule has 0 aliphatic carbocycles. The quantitative estimate of drug-likeness (QED) is 0.566. The molecule has 6 nitrogen and oxygen atoms in total. The molecule has 1 amide bonds. The maximum Gasteiger partial charge on any atom is 0.287 e. The topological polar surface area (TPSA) is 79.6 Å². The van der Waals surface area contributed by atoms with E-state index in [1.165, 1.54) is 35.6 Å². The second-order valence-electron chi connectivity index (χ2n) is 7.77. The van der Waals surface area contributed by atoms with Gasteiger partial charge in [0.2, 0.25) is 14.9 Å². The number of benzene rings is 1. The summed E-state index contributed by atoms with van der Waals surface area (Å²) in [5.41, 5.74) is 0.965. The van der Waals surface area contributed by atoms with Crippen molar-refractivity contribution in [3.63, 3.8) is 0 Å². The standard InChI is InChI=1S/C23H26N2O4S2/c1-17-7-9-18(10-8-17)31(27,28)22-12-11-20(29-22)23(26)24-16-19(21-6-5-15-30-21)25-13-3-2-4-14-25/h5-12,15,19H,2-4,13-14,16H2,1H3,(H,24,26). The Kier molecular flexibility index (Phi) is 6.60. The van der Waals surface area contributed by atoms with Crippen LogP contribution in [-0.2, 0) is 9.84 Å². The number of thiophene rings is 1. The minimum absolute atomic E-state index is 0.00531. The first-order valence-electron chi connectivity index (χ1n) is 10.4. The number of sulfone groups is 1. The van der Waals surface area contributed by atoms with Gasteiger partial charge in [-0.05, 0) is 68.6 Å². The zero-order chi connectivity index (χ0) is 21.8. The lowest BCUT2D eigenvalue weighted by Gasteiger charge is -2.34. The zero-order valence-electron chi connectivity index (χ0n) is 17.4. The highest BCUT2D eigenvalue weighted by atomic mass is 32.2. The van der Waals surface area contributed by atoms with Gasteiger partial charge in [-0.3, -0.25) is 9.69 Å². The summed E-state index contributed by atoms with van der Waals surface area (Å²) in [6, 6.07) is 13.5. The second-order valence-corrected chi connectivity index (χ2v) is 10.6. The summed E-state index contributed by atoms with van der Waals surface area (Å²) < 4.78 is 31.0. The van der Waals surface area contributed by atoms with Gasteiger partial charge in [-0.1, -0.05) is 30.2 Å². The van der Waals surface area contributed by atoms with Crippen molar-refractivity contribution < 1.29 is 17.6 Å². The summed E-state index contributed by atoms with van der Waals surface area (Å²) in [5, 5.41) is 4.75. The first-order valence-corrected chi connectivity index (χ1v) is 12.8. The molecule has 1 aliphatic rings. The average molecular weight is 459 g/mol. The van der Waals surface area contributed by atoms with Crippen LogP contribution in [0.4, 0.5) is 0 Å². The number of hydrogen-bond acceptors (Lipinski definition) is 6. The summed E-state index contributed by atoms with van der Waals surface area (Å²) in [6.07, 6.45) is 3.56. The van der Waals surface area contributed by atoms with Crippen molar-refractivity contribution in [2.24, 2.45) is 0 Å². The maximum atomic E-state index is 12.8. The number of amides is 1. The number of carbonyl (C=O) groups is 1. The van der Waals surface area contributed by atoms with Gasteiger partial charge in [-0.15, -0.1) is 11.3 Å². The summed E-state index contributed by atoms with van der Waals surface area (Å²) in [6.45, 7) is 4.36. The zero-order valence-corrected chi connectivity index (χ0v) is 19.0. The summed E-state index contributed by atoms with van der Waals surface area (Å²) in [7, 11) is -3.81. The molecule has 4 rings (SSSR count). The van der Waals surface area contributed by atoms with Crippen LogP contribution in [0.5, 0.6) is 0 Å². The van der Waals surface area contributed by atoms with Crippen LogP contribution < -0.4 is 5.32 Å². The molecule has 1 atom stereocenters. The predicted octanol–water partition coefficient (Wildman–Crippen LogP) is 4.44. The van der Waals surface area contributed by atoms with Gasteiger partial charge in [-0.25, -0.2) is 8.42 Å². The minimum atomic E-state index is -3.81. The lowest BCUT2D eigenvalue weighted by molar-refractivity contribution is 0.0893. The molecule has 0 saturated carbocycles. The average Bonchev–Trinajstić information content (AvgIpc) is 3.48. The number of nitrogens with one attached hydrogen (secondary N) is 1. The Labute approximate surface area is 186 Å². The van der Waals surface area contributed by atoms with Gasteiger partial charge in [0, 0.05) is 11.4 Å². The van der Waals surface area contributed by atoms with Crippen molar-refractivity contribution in [3.05, 3.63) is 70.1 Å². The fourth-order valence-electron chi connectivity index (χ4n) is 3.82. The number of piperidine rings is 1. The third-order valence-electron chi connectivity index (χ3n) is 5.56. The molecule has 0 radical (unpaired) electrons. The maximum absolute atomic E-state index is 12.8. The number of nitrogens with zero attached hydrogens (tertiary/aromatic N) is 1. The number of furan rings is 1. The van der Waals surface area contributed by atoms with Crippen LogP contribution in [0, 0.1) is 6.92 Å². The van der Waals surface area contributed by atoms with Crippen molar-refractivity contribution in [2.75, 3.05) is 19.6 Å². The highest BCUT2D eigenvalue weighted by molar-refractivity contribution is 7.91. The Morgan fingerprint density at radius 1 is 1.10 bits per heavy atom. The molecule has 2 aromatic heterocycles. The lowest BCUT2D eigenvalue weighted by Crippen LogP contribution is -2.40. The summed E-state index contributed by atoms with van der Waals surface area (Å²) in [4.78, 5) is 16.5. The SMILES string of the molecule is Cc1ccc(S(=O)(=O)c2ccc(C(=O)NCC(c3cccs3)N3CCCCC3)o2)cc1. The van der Waals surface area contributed by atoms with Gasteiger partial charge in [0.05, 0.1) is 10.9 Å². The van der Waals surface area contributed by atoms with E-state index in [-0.39, 0.29) is 21.8 Å². The molecule has 1 unspecified atom stereocenters. The van der Waals surface area contributed by atoms with E-state index < -0.39 is 15.7 Å². The molecule has 1 saturated heterocycles. The van der Waals surface area contributed by atoms with E-state index in [4.69, 9.17) is 4.42 Å². The molecule has 8 heteroatoms. The second kappa shape index (κ2) is 9.38. The predicted molar refractivity (Wildman–Crippen MR) is 120 cm³/mol. The van der Waals surface area contributed by atoms with Gasteiger partial charge in [0.15, 0.2) is 5.76 Å². The molecule has 1 N–H and O–H groups in total. The van der Waals surface area contributed by atoms with E-state index in [2.05, 4.69) is 16.3 Å². The molecule has 1 aromatic carbocycles. The molecule has 1 aliphatic heterocycles. The minimum Gasteiger partial charge on any atom is -0.439 e. The Morgan fingerprint density at radius 3 is 2.52 bits per heavy atom. The first kappa shape index (κ1) is 21.8. The normalized spacial score (nSPS) is 16.2. The molecule has 3 heterocycles. The van der Waals surface area contributed by atoms with Crippen molar-refractivity contribution in [1.82, 2.24) is 10.2 Å². The van der Waals surface area contributed by atoms with Gasteiger partial charge < -0.3 is 9.73 Å². The summed E-state index contributed by atoms with van der Waals surface area (Å²) >= 11 is 1.68.